The van der Waals surface area contributed by atoms with Gasteiger partial charge in [0, 0.05) is 28.9 Å². The van der Waals surface area contributed by atoms with Crippen molar-refractivity contribution in [2.75, 3.05) is 0 Å². The van der Waals surface area contributed by atoms with Crippen LogP contribution in [0.1, 0.15) is 0 Å². The summed E-state index contributed by atoms with van der Waals surface area (Å²) in [6.07, 6.45) is 3.87. The maximum Gasteiger partial charge on any atom is 0.0571 e. The second-order valence-corrected chi connectivity index (χ2v) is 14.4. The number of hydrogen-bond donors (Lipinski definition) is 0. The summed E-state index contributed by atoms with van der Waals surface area (Å²) in [6, 6.07) is 70.8. The number of rotatable bonds is 5. The van der Waals surface area contributed by atoms with Gasteiger partial charge in [-0.1, -0.05) is 158 Å². The fourth-order valence-corrected chi connectivity index (χ4v) is 8.68. The Morgan fingerprint density at radius 3 is 1.51 bits per heavy atom. The molecule has 0 bridgehead atoms. The molecule has 0 fully saturated rings. The summed E-state index contributed by atoms with van der Waals surface area (Å²) in [6.45, 7) is 0. The van der Waals surface area contributed by atoms with Gasteiger partial charge in [-0.25, -0.2) is 0 Å². The van der Waals surface area contributed by atoms with Crippen LogP contribution in [0, 0.1) is 0 Å². The SMILES string of the molecule is c1ccc(-c2ccc3c(c2)c2cnccc2n3-c2ccc(-c3ccc(-c4c5ccccc5c(-c5ccc6ccccc6c5)c5ccccc45)cc3)cc2)cc1. The van der Waals surface area contributed by atoms with Gasteiger partial charge in [-0.15, -0.1) is 0 Å². The summed E-state index contributed by atoms with van der Waals surface area (Å²) >= 11 is 0. The molecule has 11 rings (SSSR count). The largest absolute Gasteiger partial charge is 0.309 e. The van der Waals surface area contributed by atoms with Crippen LogP contribution in [0.25, 0.3) is 104 Å². The molecule has 2 aromatic heterocycles. The fraction of sp³-hybridized carbons (Fsp3) is 0. The minimum atomic E-state index is 1.13. The highest BCUT2D eigenvalue weighted by atomic mass is 15.0. The van der Waals surface area contributed by atoms with E-state index in [1.165, 1.54) is 87.7 Å². The van der Waals surface area contributed by atoms with E-state index in [2.05, 4.69) is 204 Å². The third-order valence-corrected chi connectivity index (χ3v) is 11.3. The molecule has 2 heterocycles. The van der Waals surface area contributed by atoms with Crippen LogP contribution in [0.15, 0.2) is 207 Å². The quantitative estimate of drug-likeness (QED) is 0.164. The number of aromatic nitrogens is 2. The zero-order valence-electron chi connectivity index (χ0n) is 30.0. The van der Waals surface area contributed by atoms with E-state index in [-0.39, 0.29) is 0 Å². The van der Waals surface area contributed by atoms with Gasteiger partial charge in [0.25, 0.3) is 0 Å². The Morgan fingerprint density at radius 1 is 0.309 bits per heavy atom. The highest BCUT2D eigenvalue weighted by Crippen LogP contribution is 2.44. The van der Waals surface area contributed by atoms with E-state index in [1.807, 2.05) is 12.4 Å². The van der Waals surface area contributed by atoms with E-state index < -0.39 is 0 Å². The first-order chi connectivity index (χ1) is 27.3. The first-order valence-electron chi connectivity index (χ1n) is 18.9. The van der Waals surface area contributed by atoms with Crippen molar-refractivity contribution in [3.63, 3.8) is 0 Å². The summed E-state index contributed by atoms with van der Waals surface area (Å²) in [5, 5.41) is 9.93. The average molecular weight is 699 g/mol. The van der Waals surface area contributed by atoms with Gasteiger partial charge in [-0.2, -0.15) is 0 Å². The topological polar surface area (TPSA) is 17.8 Å². The molecule has 2 heteroatoms. The summed E-state index contributed by atoms with van der Waals surface area (Å²) in [7, 11) is 0. The fourth-order valence-electron chi connectivity index (χ4n) is 8.68. The van der Waals surface area contributed by atoms with Crippen molar-refractivity contribution >= 4 is 54.1 Å². The molecule has 0 aliphatic heterocycles. The second-order valence-electron chi connectivity index (χ2n) is 14.4. The van der Waals surface area contributed by atoms with Crippen molar-refractivity contribution in [2.45, 2.75) is 0 Å². The summed E-state index contributed by atoms with van der Waals surface area (Å²) < 4.78 is 2.35. The minimum Gasteiger partial charge on any atom is -0.309 e. The number of hydrogen-bond acceptors (Lipinski definition) is 1. The average Bonchev–Trinajstić information content (AvgIpc) is 3.59. The Balaban J connectivity index is 0.982. The molecule has 0 atom stereocenters. The van der Waals surface area contributed by atoms with Crippen molar-refractivity contribution < 1.29 is 0 Å². The molecule has 0 saturated carbocycles. The molecule has 9 aromatic carbocycles. The Bertz CT molecular complexity index is 3170. The molecule has 0 amide bonds. The zero-order chi connectivity index (χ0) is 36.3. The lowest BCUT2D eigenvalue weighted by molar-refractivity contribution is 1.17. The zero-order valence-corrected chi connectivity index (χ0v) is 30.0. The van der Waals surface area contributed by atoms with Crippen LogP contribution in [-0.2, 0) is 0 Å². The van der Waals surface area contributed by atoms with Gasteiger partial charge >= 0.3 is 0 Å². The van der Waals surface area contributed by atoms with Crippen molar-refractivity contribution in [1.82, 2.24) is 9.55 Å². The van der Waals surface area contributed by atoms with E-state index >= 15 is 0 Å². The molecular weight excluding hydrogens is 665 g/mol. The first-order valence-corrected chi connectivity index (χ1v) is 18.9. The van der Waals surface area contributed by atoms with E-state index in [1.54, 1.807) is 0 Å². The summed E-state index contributed by atoms with van der Waals surface area (Å²) in [5.41, 5.74) is 13.3. The Morgan fingerprint density at radius 2 is 0.818 bits per heavy atom. The van der Waals surface area contributed by atoms with Crippen molar-refractivity contribution in [1.29, 1.82) is 0 Å². The standard InChI is InChI=1S/C53H34N2/c1-2-10-35(11-3-1)41-26-29-50-48(33-41)49-34-54-31-30-51(49)55(50)43-27-24-38(25-28-43)37-18-21-39(22-19-37)52-44-14-6-8-16-46(44)53(47-17-9-7-15-45(47)52)42-23-20-36-12-4-5-13-40(36)32-42/h1-34H. The maximum absolute atomic E-state index is 4.50. The monoisotopic (exact) mass is 698 g/mol. The van der Waals surface area contributed by atoms with Gasteiger partial charge in [0.1, 0.15) is 0 Å². The third kappa shape index (κ3) is 5.15. The van der Waals surface area contributed by atoms with E-state index in [0.717, 1.165) is 16.6 Å². The molecule has 0 aliphatic carbocycles. The van der Waals surface area contributed by atoms with E-state index in [0.29, 0.717) is 0 Å². The molecule has 256 valence electrons. The number of nitrogens with zero attached hydrogens (tertiary/aromatic N) is 2. The van der Waals surface area contributed by atoms with Gasteiger partial charge in [0.2, 0.25) is 0 Å². The Hall–Kier alpha value is -7.29. The predicted octanol–water partition coefficient (Wildman–Crippen LogP) is 14.3. The number of fused-ring (bicyclic) bond motifs is 6. The minimum absolute atomic E-state index is 1.13. The van der Waals surface area contributed by atoms with Crippen molar-refractivity contribution in [3.8, 4) is 50.2 Å². The van der Waals surface area contributed by atoms with Crippen molar-refractivity contribution in [2.24, 2.45) is 0 Å². The molecule has 55 heavy (non-hydrogen) atoms. The molecule has 2 nitrogen and oxygen atoms in total. The normalized spacial score (nSPS) is 11.6. The molecule has 0 aliphatic rings. The Labute approximate surface area is 319 Å². The lowest BCUT2D eigenvalue weighted by Gasteiger charge is -2.18. The van der Waals surface area contributed by atoms with Crippen LogP contribution < -0.4 is 0 Å². The van der Waals surface area contributed by atoms with Gasteiger partial charge in [0.15, 0.2) is 0 Å². The van der Waals surface area contributed by atoms with Gasteiger partial charge in [-0.05, 0) is 113 Å². The highest BCUT2D eigenvalue weighted by Gasteiger charge is 2.18. The van der Waals surface area contributed by atoms with Crippen LogP contribution in [0.4, 0.5) is 0 Å². The first kappa shape index (κ1) is 31.3. The van der Waals surface area contributed by atoms with Crippen LogP contribution in [-0.4, -0.2) is 9.55 Å². The second kappa shape index (κ2) is 12.7. The van der Waals surface area contributed by atoms with Gasteiger partial charge in [0.05, 0.1) is 11.0 Å². The maximum atomic E-state index is 4.50. The van der Waals surface area contributed by atoms with Crippen molar-refractivity contribution in [3.05, 3.63) is 207 Å². The summed E-state index contributed by atoms with van der Waals surface area (Å²) in [5.74, 6) is 0. The number of pyridine rings is 1. The van der Waals surface area contributed by atoms with Crippen LogP contribution >= 0.6 is 0 Å². The lowest BCUT2D eigenvalue weighted by Crippen LogP contribution is -1.94. The van der Waals surface area contributed by atoms with Crippen LogP contribution in [0.5, 0.6) is 0 Å². The molecule has 0 spiro atoms. The van der Waals surface area contributed by atoms with E-state index in [9.17, 15) is 0 Å². The van der Waals surface area contributed by atoms with E-state index in [4.69, 9.17) is 0 Å². The smallest absolute Gasteiger partial charge is 0.0571 e. The molecule has 11 aromatic rings. The molecule has 0 saturated heterocycles. The van der Waals surface area contributed by atoms with Gasteiger partial charge < -0.3 is 4.57 Å². The Kier molecular flexibility index (Phi) is 7.21. The van der Waals surface area contributed by atoms with Crippen LogP contribution in [0.3, 0.4) is 0 Å². The highest BCUT2D eigenvalue weighted by molar-refractivity contribution is 6.21. The van der Waals surface area contributed by atoms with Gasteiger partial charge in [-0.3, -0.25) is 4.98 Å². The molecular formula is C53H34N2. The molecule has 0 N–H and O–H groups in total. The molecule has 0 radical (unpaired) electrons. The predicted molar refractivity (Wildman–Crippen MR) is 233 cm³/mol. The molecule has 0 unspecified atom stereocenters. The third-order valence-electron chi connectivity index (χ3n) is 11.3. The summed E-state index contributed by atoms with van der Waals surface area (Å²) in [4.78, 5) is 4.50. The van der Waals surface area contributed by atoms with Crippen LogP contribution in [0.2, 0.25) is 0 Å². The number of benzene rings is 9. The lowest BCUT2D eigenvalue weighted by atomic mass is 9.85.